The van der Waals surface area contributed by atoms with Gasteiger partial charge in [0.1, 0.15) is 17.5 Å². The topological polar surface area (TPSA) is 55.0 Å². The standard InChI is InChI=1S/C16H26N4/c1-2-14-18-13(17)12-15(19-14)20-10-8-16(9-11-20)6-4-3-5-7-16/h12H,2-11H2,1H3,(H2,17,18,19). The number of rotatable bonds is 2. The van der Waals surface area contributed by atoms with Gasteiger partial charge < -0.3 is 10.6 Å². The van der Waals surface area contributed by atoms with Crippen LogP contribution in [0.5, 0.6) is 0 Å². The summed E-state index contributed by atoms with van der Waals surface area (Å²) in [5.74, 6) is 2.49. The largest absolute Gasteiger partial charge is 0.384 e. The fourth-order valence-corrected chi connectivity index (χ4v) is 3.84. The van der Waals surface area contributed by atoms with Crippen LogP contribution >= 0.6 is 0 Å². The second kappa shape index (κ2) is 5.58. The summed E-state index contributed by atoms with van der Waals surface area (Å²) in [7, 11) is 0. The Bertz CT molecular complexity index is 456. The average molecular weight is 274 g/mol. The van der Waals surface area contributed by atoms with E-state index in [4.69, 9.17) is 5.73 Å². The van der Waals surface area contributed by atoms with Crippen LogP contribution in [-0.4, -0.2) is 23.1 Å². The number of aryl methyl sites for hydroxylation is 1. The summed E-state index contributed by atoms with van der Waals surface area (Å²) in [6, 6.07) is 1.93. The minimum absolute atomic E-state index is 0.602. The Balaban J connectivity index is 1.70. The molecule has 0 bridgehead atoms. The van der Waals surface area contributed by atoms with Gasteiger partial charge in [-0.2, -0.15) is 0 Å². The van der Waals surface area contributed by atoms with Crippen LogP contribution < -0.4 is 10.6 Å². The molecule has 2 heterocycles. The van der Waals surface area contributed by atoms with Crippen molar-refractivity contribution in [2.75, 3.05) is 23.7 Å². The fraction of sp³-hybridized carbons (Fsp3) is 0.750. The third-order valence-electron chi connectivity index (χ3n) is 5.16. The smallest absolute Gasteiger partial charge is 0.134 e. The molecule has 20 heavy (non-hydrogen) atoms. The summed E-state index contributed by atoms with van der Waals surface area (Å²) in [6.07, 6.45) is 10.7. The lowest BCUT2D eigenvalue weighted by Crippen LogP contribution is -2.41. The van der Waals surface area contributed by atoms with E-state index >= 15 is 0 Å². The molecule has 2 aliphatic rings. The Labute approximate surface area is 121 Å². The van der Waals surface area contributed by atoms with Crippen LogP contribution in [0.25, 0.3) is 0 Å². The molecular weight excluding hydrogens is 248 g/mol. The van der Waals surface area contributed by atoms with Crippen molar-refractivity contribution in [3.8, 4) is 0 Å². The third-order valence-corrected chi connectivity index (χ3v) is 5.16. The molecule has 4 heteroatoms. The van der Waals surface area contributed by atoms with E-state index in [0.717, 1.165) is 31.2 Å². The highest BCUT2D eigenvalue weighted by molar-refractivity contribution is 5.47. The summed E-state index contributed by atoms with van der Waals surface area (Å²) in [6.45, 7) is 4.32. The van der Waals surface area contributed by atoms with Crippen molar-refractivity contribution in [2.24, 2.45) is 5.41 Å². The lowest BCUT2D eigenvalue weighted by molar-refractivity contribution is 0.144. The minimum Gasteiger partial charge on any atom is -0.384 e. The summed E-state index contributed by atoms with van der Waals surface area (Å²) >= 11 is 0. The Morgan fingerprint density at radius 3 is 2.45 bits per heavy atom. The van der Waals surface area contributed by atoms with E-state index in [1.807, 2.05) is 6.07 Å². The first-order chi connectivity index (χ1) is 9.71. The second-order valence-electron chi connectivity index (χ2n) is 6.47. The Morgan fingerprint density at radius 1 is 1.10 bits per heavy atom. The highest BCUT2D eigenvalue weighted by atomic mass is 15.2. The lowest BCUT2D eigenvalue weighted by atomic mass is 9.68. The minimum atomic E-state index is 0.602. The highest BCUT2D eigenvalue weighted by Crippen LogP contribution is 2.44. The van der Waals surface area contributed by atoms with Crippen molar-refractivity contribution >= 4 is 11.6 Å². The van der Waals surface area contributed by atoms with Crippen LogP contribution in [0.2, 0.25) is 0 Å². The molecule has 0 amide bonds. The van der Waals surface area contributed by atoms with E-state index in [0.29, 0.717) is 11.2 Å². The van der Waals surface area contributed by atoms with E-state index in [2.05, 4.69) is 21.8 Å². The van der Waals surface area contributed by atoms with Gasteiger partial charge in [0.25, 0.3) is 0 Å². The maximum atomic E-state index is 5.90. The van der Waals surface area contributed by atoms with Crippen molar-refractivity contribution in [3.05, 3.63) is 11.9 Å². The molecule has 1 saturated carbocycles. The number of nitrogens with two attached hydrogens (primary N) is 1. The molecule has 3 rings (SSSR count). The molecule has 4 nitrogen and oxygen atoms in total. The molecule has 1 aliphatic heterocycles. The van der Waals surface area contributed by atoms with Gasteiger partial charge in [-0.3, -0.25) is 0 Å². The molecule has 1 saturated heterocycles. The predicted octanol–water partition coefficient (Wildman–Crippen LogP) is 3.17. The molecule has 1 aromatic rings. The van der Waals surface area contributed by atoms with E-state index in [1.165, 1.54) is 44.9 Å². The van der Waals surface area contributed by atoms with Gasteiger partial charge in [-0.1, -0.05) is 26.2 Å². The van der Waals surface area contributed by atoms with Gasteiger partial charge in [-0.05, 0) is 31.1 Å². The molecule has 2 N–H and O–H groups in total. The lowest BCUT2D eigenvalue weighted by Gasteiger charge is -2.44. The Morgan fingerprint density at radius 2 is 1.80 bits per heavy atom. The van der Waals surface area contributed by atoms with E-state index in [1.54, 1.807) is 0 Å². The third kappa shape index (κ3) is 2.74. The first-order valence-electron chi connectivity index (χ1n) is 8.09. The molecule has 0 unspecified atom stereocenters. The monoisotopic (exact) mass is 274 g/mol. The average Bonchev–Trinajstić information content (AvgIpc) is 2.48. The molecule has 110 valence electrons. The summed E-state index contributed by atoms with van der Waals surface area (Å²) in [5, 5.41) is 0. The number of piperidine rings is 1. The SMILES string of the molecule is CCc1nc(N)cc(N2CCC3(CCCCC3)CC2)n1. The maximum Gasteiger partial charge on any atom is 0.134 e. The predicted molar refractivity (Wildman–Crippen MR) is 82.8 cm³/mol. The van der Waals surface area contributed by atoms with Crippen molar-refractivity contribution in [2.45, 2.75) is 58.3 Å². The number of nitrogen functional groups attached to an aromatic ring is 1. The molecule has 1 aliphatic carbocycles. The normalized spacial score (nSPS) is 22.1. The molecule has 0 radical (unpaired) electrons. The molecule has 0 atom stereocenters. The number of aromatic nitrogens is 2. The van der Waals surface area contributed by atoms with Crippen LogP contribution in [0.1, 0.15) is 57.7 Å². The summed E-state index contributed by atoms with van der Waals surface area (Å²) in [4.78, 5) is 11.3. The van der Waals surface area contributed by atoms with Crippen molar-refractivity contribution < 1.29 is 0 Å². The van der Waals surface area contributed by atoms with Gasteiger partial charge in [0, 0.05) is 25.6 Å². The number of hydrogen-bond acceptors (Lipinski definition) is 4. The molecule has 0 aromatic carbocycles. The van der Waals surface area contributed by atoms with Crippen LogP contribution in [0.3, 0.4) is 0 Å². The maximum absolute atomic E-state index is 5.90. The van der Waals surface area contributed by atoms with Crippen LogP contribution in [-0.2, 0) is 6.42 Å². The van der Waals surface area contributed by atoms with Crippen LogP contribution in [0.15, 0.2) is 6.07 Å². The van der Waals surface area contributed by atoms with Crippen LogP contribution in [0.4, 0.5) is 11.6 Å². The fourth-order valence-electron chi connectivity index (χ4n) is 3.84. The number of hydrogen-bond donors (Lipinski definition) is 1. The van der Waals surface area contributed by atoms with Crippen LogP contribution in [0, 0.1) is 5.41 Å². The highest BCUT2D eigenvalue weighted by Gasteiger charge is 2.35. The van der Waals surface area contributed by atoms with Crippen molar-refractivity contribution in [1.82, 2.24) is 9.97 Å². The first kappa shape index (κ1) is 13.7. The zero-order valence-corrected chi connectivity index (χ0v) is 12.6. The van der Waals surface area contributed by atoms with Gasteiger partial charge in [0.2, 0.25) is 0 Å². The summed E-state index contributed by atoms with van der Waals surface area (Å²) in [5.41, 5.74) is 6.54. The van der Waals surface area contributed by atoms with Gasteiger partial charge in [-0.25, -0.2) is 9.97 Å². The van der Waals surface area contributed by atoms with E-state index in [-0.39, 0.29) is 0 Å². The van der Waals surface area contributed by atoms with Gasteiger partial charge in [-0.15, -0.1) is 0 Å². The van der Waals surface area contributed by atoms with Gasteiger partial charge >= 0.3 is 0 Å². The quantitative estimate of drug-likeness (QED) is 0.900. The number of anilines is 2. The molecule has 2 fully saturated rings. The second-order valence-corrected chi connectivity index (χ2v) is 6.47. The van der Waals surface area contributed by atoms with Crippen molar-refractivity contribution in [1.29, 1.82) is 0 Å². The van der Waals surface area contributed by atoms with E-state index < -0.39 is 0 Å². The van der Waals surface area contributed by atoms with Gasteiger partial charge in [0.05, 0.1) is 0 Å². The van der Waals surface area contributed by atoms with Gasteiger partial charge in [0.15, 0.2) is 0 Å². The van der Waals surface area contributed by atoms with Crippen molar-refractivity contribution in [3.63, 3.8) is 0 Å². The summed E-state index contributed by atoms with van der Waals surface area (Å²) < 4.78 is 0. The number of nitrogens with zero attached hydrogens (tertiary/aromatic N) is 3. The Hall–Kier alpha value is -1.32. The zero-order valence-electron chi connectivity index (χ0n) is 12.6. The first-order valence-corrected chi connectivity index (χ1v) is 8.09. The van der Waals surface area contributed by atoms with E-state index in [9.17, 15) is 0 Å². The zero-order chi connectivity index (χ0) is 14.0. The molecule has 1 spiro atoms. The molecule has 1 aromatic heterocycles. The Kier molecular flexibility index (Phi) is 3.81. The molecular formula is C16H26N4.